The zero-order chi connectivity index (χ0) is 13.1. The van der Waals surface area contributed by atoms with Crippen LogP contribution < -0.4 is 0 Å². The second-order valence-corrected chi connectivity index (χ2v) is 5.45. The molecule has 1 aliphatic carbocycles. The van der Waals surface area contributed by atoms with E-state index in [9.17, 15) is 5.11 Å². The van der Waals surface area contributed by atoms with Crippen molar-refractivity contribution in [2.24, 2.45) is 0 Å². The Morgan fingerprint density at radius 3 is 2.32 bits per heavy atom. The molecule has 1 aromatic carbocycles. The quantitative estimate of drug-likeness (QED) is 0.908. The van der Waals surface area contributed by atoms with E-state index >= 15 is 0 Å². The van der Waals surface area contributed by atoms with Gasteiger partial charge in [-0.25, -0.2) is 0 Å². The van der Waals surface area contributed by atoms with Crippen LogP contribution in [-0.2, 0) is 11.8 Å². The Kier molecular flexibility index (Phi) is 3.34. The molecule has 1 saturated carbocycles. The molecule has 2 aromatic rings. The number of pyridine rings is 1. The van der Waals surface area contributed by atoms with Gasteiger partial charge in [-0.05, 0) is 42.5 Å². The molecule has 1 unspecified atom stereocenters. The van der Waals surface area contributed by atoms with Crippen molar-refractivity contribution >= 4 is 0 Å². The van der Waals surface area contributed by atoms with Gasteiger partial charge in [0.1, 0.15) is 0 Å². The van der Waals surface area contributed by atoms with Crippen LogP contribution in [0.1, 0.15) is 30.4 Å². The number of hydrogen-bond donors (Lipinski definition) is 1. The van der Waals surface area contributed by atoms with Gasteiger partial charge in [0.2, 0.25) is 0 Å². The number of rotatable bonds is 4. The summed E-state index contributed by atoms with van der Waals surface area (Å²) >= 11 is 0. The smallest absolute Gasteiger partial charge is 0.0677 e. The molecule has 1 atom stereocenters. The summed E-state index contributed by atoms with van der Waals surface area (Å²) in [6.07, 6.45) is 7.36. The monoisotopic (exact) mass is 253 g/mol. The van der Waals surface area contributed by atoms with Crippen molar-refractivity contribution in [2.45, 2.75) is 37.2 Å². The third-order valence-corrected chi connectivity index (χ3v) is 4.41. The summed E-state index contributed by atoms with van der Waals surface area (Å²) in [5, 5.41) is 10.7. The average Bonchev–Trinajstić information content (AvgIpc) is 2.40. The molecule has 0 amide bonds. The van der Waals surface area contributed by atoms with E-state index < -0.39 is 0 Å². The first-order valence-corrected chi connectivity index (χ1v) is 6.94. The molecular weight excluding hydrogens is 234 g/mol. The van der Waals surface area contributed by atoms with Crippen LogP contribution in [-0.4, -0.2) is 16.2 Å². The molecule has 1 fully saturated rings. The van der Waals surface area contributed by atoms with Crippen LogP contribution in [0.4, 0.5) is 0 Å². The molecule has 3 rings (SSSR count). The zero-order valence-corrected chi connectivity index (χ0v) is 11.0. The largest absolute Gasteiger partial charge is 0.392 e. The lowest BCUT2D eigenvalue weighted by Gasteiger charge is -2.46. The Morgan fingerprint density at radius 1 is 1.05 bits per heavy atom. The molecule has 0 radical (unpaired) electrons. The van der Waals surface area contributed by atoms with Crippen molar-refractivity contribution in [1.82, 2.24) is 4.98 Å². The predicted molar refractivity (Wildman–Crippen MR) is 75.9 cm³/mol. The molecule has 0 spiro atoms. The fraction of sp³-hybridized carbons (Fsp3) is 0.353. The molecule has 19 heavy (non-hydrogen) atoms. The lowest BCUT2D eigenvalue weighted by molar-refractivity contribution is 0.0286. The Labute approximate surface area is 114 Å². The summed E-state index contributed by atoms with van der Waals surface area (Å²) in [5.74, 6) is 0. The number of aliphatic hydroxyl groups excluding tert-OH is 1. The Morgan fingerprint density at radius 2 is 1.74 bits per heavy atom. The van der Waals surface area contributed by atoms with E-state index in [2.05, 4.69) is 29.2 Å². The van der Waals surface area contributed by atoms with Gasteiger partial charge in [0.25, 0.3) is 0 Å². The van der Waals surface area contributed by atoms with Gasteiger partial charge in [-0.15, -0.1) is 0 Å². The zero-order valence-electron chi connectivity index (χ0n) is 11.0. The predicted octanol–water partition coefficient (Wildman–Crippen LogP) is 3.11. The van der Waals surface area contributed by atoms with E-state index in [1.54, 1.807) is 12.4 Å². The first-order valence-electron chi connectivity index (χ1n) is 6.94. The minimum atomic E-state index is -0.314. The fourth-order valence-corrected chi connectivity index (χ4v) is 3.08. The summed E-state index contributed by atoms with van der Waals surface area (Å²) in [5.41, 5.74) is 2.40. The van der Waals surface area contributed by atoms with E-state index in [0.29, 0.717) is 6.42 Å². The molecular formula is C17H19NO. The normalized spacial score (nSPS) is 18.6. The highest BCUT2D eigenvalue weighted by molar-refractivity contribution is 5.30. The van der Waals surface area contributed by atoms with Crippen LogP contribution in [0.5, 0.6) is 0 Å². The summed E-state index contributed by atoms with van der Waals surface area (Å²) in [4.78, 5) is 4.03. The van der Waals surface area contributed by atoms with Crippen LogP contribution in [0.25, 0.3) is 0 Å². The fourth-order valence-electron chi connectivity index (χ4n) is 3.08. The van der Waals surface area contributed by atoms with Crippen LogP contribution >= 0.6 is 0 Å². The van der Waals surface area contributed by atoms with Gasteiger partial charge in [0.15, 0.2) is 0 Å². The van der Waals surface area contributed by atoms with E-state index in [0.717, 1.165) is 18.4 Å². The summed E-state index contributed by atoms with van der Waals surface area (Å²) < 4.78 is 0. The summed E-state index contributed by atoms with van der Waals surface area (Å²) in [6.45, 7) is 0. The maximum absolute atomic E-state index is 10.7. The molecule has 0 saturated heterocycles. The molecule has 1 N–H and O–H groups in total. The highest BCUT2D eigenvalue weighted by atomic mass is 16.3. The summed E-state index contributed by atoms with van der Waals surface area (Å²) in [6, 6.07) is 14.4. The second kappa shape index (κ2) is 5.14. The van der Waals surface area contributed by atoms with Gasteiger partial charge in [-0.1, -0.05) is 36.8 Å². The van der Waals surface area contributed by atoms with Crippen molar-refractivity contribution < 1.29 is 5.11 Å². The van der Waals surface area contributed by atoms with Crippen LogP contribution in [0, 0.1) is 0 Å². The molecule has 2 nitrogen and oxygen atoms in total. The summed E-state index contributed by atoms with van der Waals surface area (Å²) in [7, 11) is 0. The first-order chi connectivity index (χ1) is 9.31. The SMILES string of the molecule is OC(Cc1ccncc1)C1(c2ccccc2)CCC1. The number of benzene rings is 1. The van der Waals surface area contributed by atoms with Crippen molar-refractivity contribution in [3.05, 3.63) is 66.0 Å². The van der Waals surface area contributed by atoms with Gasteiger partial charge in [0, 0.05) is 17.8 Å². The number of nitrogens with zero attached hydrogens (tertiary/aromatic N) is 1. The second-order valence-electron chi connectivity index (χ2n) is 5.45. The third-order valence-electron chi connectivity index (χ3n) is 4.41. The van der Waals surface area contributed by atoms with E-state index in [1.807, 2.05) is 18.2 Å². The van der Waals surface area contributed by atoms with Crippen molar-refractivity contribution in [2.75, 3.05) is 0 Å². The highest BCUT2D eigenvalue weighted by Crippen LogP contribution is 2.47. The molecule has 0 aliphatic heterocycles. The van der Waals surface area contributed by atoms with Gasteiger partial charge >= 0.3 is 0 Å². The number of aromatic nitrogens is 1. The van der Waals surface area contributed by atoms with Crippen molar-refractivity contribution in [1.29, 1.82) is 0 Å². The van der Waals surface area contributed by atoms with E-state index in [1.165, 1.54) is 12.0 Å². The average molecular weight is 253 g/mol. The maximum atomic E-state index is 10.7. The standard InChI is InChI=1S/C17H19NO/c19-16(13-14-7-11-18-12-8-14)17(9-4-10-17)15-5-2-1-3-6-15/h1-3,5-8,11-12,16,19H,4,9-10,13H2. The first kappa shape index (κ1) is 12.4. The lowest BCUT2D eigenvalue weighted by atomic mass is 9.60. The van der Waals surface area contributed by atoms with Gasteiger partial charge < -0.3 is 5.11 Å². The molecule has 1 aliphatic rings. The molecule has 98 valence electrons. The van der Waals surface area contributed by atoms with Gasteiger partial charge in [-0.3, -0.25) is 4.98 Å². The number of hydrogen-bond acceptors (Lipinski definition) is 2. The maximum Gasteiger partial charge on any atom is 0.0677 e. The van der Waals surface area contributed by atoms with E-state index in [-0.39, 0.29) is 11.5 Å². The molecule has 2 heteroatoms. The van der Waals surface area contributed by atoms with Crippen LogP contribution in [0.15, 0.2) is 54.9 Å². The molecule has 1 heterocycles. The van der Waals surface area contributed by atoms with Gasteiger partial charge in [-0.2, -0.15) is 0 Å². The van der Waals surface area contributed by atoms with Crippen LogP contribution in [0.3, 0.4) is 0 Å². The number of aliphatic hydroxyl groups is 1. The Bertz CT molecular complexity index is 519. The topological polar surface area (TPSA) is 33.1 Å². The minimum Gasteiger partial charge on any atom is -0.392 e. The van der Waals surface area contributed by atoms with Crippen molar-refractivity contribution in [3.8, 4) is 0 Å². The molecule has 0 bridgehead atoms. The Balaban J connectivity index is 1.83. The highest BCUT2D eigenvalue weighted by Gasteiger charge is 2.44. The van der Waals surface area contributed by atoms with E-state index in [4.69, 9.17) is 0 Å². The molecule has 1 aromatic heterocycles. The Hall–Kier alpha value is -1.67. The van der Waals surface area contributed by atoms with Crippen LogP contribution in [0.2, 0.25) is 0 Å². The van der Waals surface area contributed by atoms with Gasteiger partial charge in [0.05, 0.1) is 6.10 Å². The van der Waals surface area contributed by atoms with Crippen molar-refractivity contribution in [3.63, 3.8) is 0 Å². The lowest BCUT2D eigenvalue weighted by Crippen LogP contribution is -2.46. The minimum absolute atomic E-state index is 0.0372. The third kappa shape index (κ3) is 2.28.